The molecule has 1 atom stereocenters. The van der Waals surface area contributed by atoms with E-state index in [4.69, 9.17) is 9.47 Å². The number of piperidine rings is 1. The summed E-state index contributed by atoms with van der Waals surface area (Å²) in [7, 11) is 1.75. The van der Waals surface area contributed by atoms with E-state index in [2.05, 4.69) is 4.90 Å². The molecule has 0 aromatic heterocycles. The molecule has 4 rings (SSSR count). The average molecular weight is 360 g/mol. The summed E-state index contributed by atoms with van der Waals surface area (Å²) >= 11 is 0. The lowest BCUT2D eigenvalue weighted by Gasteiger charge is -2.45. The van der Waals surface area contributed by atoms with Crippen molar-refractivity contribution in [3.63, 3.8) is 0 Å². The van der Waals surface area contributed by atoms with Crippen molar-refractivity contribution in [1.82, 2.24) is 9.80 Å². The number of carbonyl (C=O) groups is 2. The topological polar surface area (TPSA) is 79.3 Å². The van der Waals surface area contributed by atoms with Gasteiger partial charge in [-0.15, -0.1) is 0 Å². The number of likely N-dealkylation sites (tertiary alicyclic amines) is 2. The zero-order valence-electron chi connectivity index (χ0n) is 14.9. The summed E-state index contributed by atoms with van der Waals surface area (Å²) in [5, 5.41) is 9.56. The van der Waals surface area contributed by atoms with E-state index in [1.54, 1.807) is 11.9 Å². The third-order valence-corrected chi connectivity index (χ3v) is 6.10. The SMILES string of the molecule is CN1C(=O)CC(C(=O)O)C12CCN(Cc1ccc3c(c1)OCCO3)CC2. The van der Waals surface area contributed by atoms with E-state index < -0.39 is 17.4 Å². The van der Waals surface area contributed by atoms with Crippen LogP contribution in [0.1, 0.15) is 24.8 Å². The molecule has 2 saturated heterocycles. The Kier molecular flexibility index (Phi) is 4.26. The summed E-state index contributed by atoms with van der Waals surface area (Å²) in [5.41, 5.74) is 0.613. The van der Waals surface area contributed by atoms with Crippen LogP contribution in [0.5, 0.6) is 11.5 Å². The molecule has 1 aromatic rings. The first-order chi connectivity index (χ1) is 12.5. The largest absolute Gasteiger partial charge is 0.486 e. The number of ether oxygens (including phenoxy) is 2. The smallest absolute Gasteiger partial charge is 0.309 e. The quantitative estimate of drug-likeness (QED) is 0.877. The maximum absolute atomic E-state index is 12.1. The lowest BCUT2D eigenvalue weighted by Crippen LogP contribution is -2.55. The highest BCUT2D eigenvalue weighted by atomic mass is 16.6. The second-order valence-corrected chi connectivity index (χ2v) is 7.41. The number of benzene rings is 1. The molecule has 2 fully saturated rings. The Hall–Kier alpha value is -2.28. The third-order valence-electron chi connectivity index (χ3n) is 6.10. The van der Waals surface area contributed by atoms with Gasteiger partial charge in [0.25, 0.3) is 0 Å². The first kappa shape index (κ1) is 17.1. The lowest BCUT2D eigenvalue weighted by molar-refractivity contribution is -0.146. The van der Waals surface area contributed by atoms with Crippen LogP contribution in [0.4, 0.5) is 0 Å². The average Bonchev–Trinajstić information content (AvgIpc) is 2.89. The van der Waals surface area contributed by atoms with Gasteiger partial charge in [0.1, 0.15) is 13.2 Å². The number of carbonyl (C=O) groups excluding carboxylic acids is 1. The van der Waals surface area contributed by atoms with Crippen molar-refractivity contribution in [2.24, 2.45) is 5.92 Å². The number of aliphatic carboxylic acids is 1. The molecule has 7 heteroatoms. The maximum atomic E-state index is 12.1. The number of hydrogen-bond donors (Lipinski definition) is 1. The normalized spacial score (nSPS) is 24.9. The number of nitrogens with zero attached hydrogens (tertiary/aromatic N) is 2. The summed E-state index contributed by atoms with van der Waals surface area (Å²) in [6.45, 7) is 3.48. The Bertz CT molecular complexity index is 727. The van der Waals surface area contributed by atoms with Gasteiger partial charge < -0.3 is 19.5 Å². The Morgan fingerprint density at radius 2 is 1.92 bits per heavy atom. The summed E-state index contributed by atoms with van der Waals surface area (Å²) in [6, 6.07) is 6.01. The molecule has 140 valence electrons. The van der Waals surface area contributed by atoms with Crippen molar-refractivity contribution in [3.8, 4) is 11.5 Å². The first-order valence-electron chi connectivity index (χ1n) is 9.10. The van der Waals surface area contributed by atoms with Gasteiger partial charge in [0.15, 0.2) is 11.5 Å². The van der Waals surface area contributed by atoms with E-state index in [9.17, 15) is 14.7 Å². The Morgan fingerprint density at radius 1 is 1.23 bits per heavy atom. The number of hydrogen-bond acceptors (Lipinski definition) is 5. The lowest BCUT2D eigenvalue weighted by atomic mass is 9.77. The molecule has 0 radical (unpaired) electrons. The van der Waals surface area contributed by atoms with E-state index in [1.165, 1.54) is 0 Å². The number of rotatable bonds is 3. The summed E-state index contributed by atoms with van der Waals surface area (Å²) < 4.78 is 11.2. The van der Waals surface area contributed by atoms with Crippen molar-refractivity contribution in [2.45, 2.75) is 31.3 Å². The van der Waals surface area contributed by atoms with Gasteiger partial charge in [0.05, 0.1) is 11.5 Å². The minimum absolute atomic E-state index is 0.0577. The van der Waals surface area contributed by atoms with Crippen LogP contribution in [0.25, 0.3) is 0 Å². The zero-order valence-corrected chi connectivity index (χ0v) is 14.9. The van der Waals surface area contributed by atoms with Crippen molar-refractivity contribution in [3.05, 3.63) is 23.8 Å². The molecule has 3 aliphatic rings. The zero-order chi connectivity index (χ0) is 18.3. The Balaban J connectivity index is 1.44. The Morgan fingerprint density at radius 3 is 2.62 bits per heavy atom. The van der Waals surface area contributed by atoms with Gasteiger partial charge in [-0.25, -0.2) is 0 Å². The second-order valence-electron chi connectivity index (χ2n) is 7.41. The molecular formula is C19H24N2O5. The van der Waals surface area contributed by atoms with Crippen molar-refractivity contribution >= 4 is 11.9 Å². The summed E-state index contributed by atoms with van der Waals surface area (Å²) in [5.74, 6) is 0.0550. The molecule has 3 heterocycles. The standard InChI is InChI=1S/C19H24N2O5/c1-20-17(22)11-14(18(23)24)19(20)4-6-21(7-5-19)12-13-2-3-15-16(10-13)26-9-8-25-15/h2-3,10,14H,4-9,11-12H2,1H3,(H,23,24). The second kappa shape index (κ2) is 6.46. The monoisotopic (exact) mass is 360 g/mol. The van der Waals surface area contributed by atoms with Gasteiger partial charge in [0, 0.05) is 33.1 Å². The fourth-order valence-corrected chi connectivity index (χ4v) is 4.53. The number of amides is 1. The van der Waals surface area contributed by atoms with E-state index in [1.807, 2.05) is 18.2 Å². The van der Waals surface area contributed by atoms with E-state index >= 15 is 0 Å². The predicted molar refractivity (Wildman–Crippen MR) is 93.2 cm³/mol. The van der Waals surface area contributed by atoms with Crippen LogP contribution in [0.3, 0.4) is 0 Å². The fourth-order valence-electron chi connectivity index (χ4n) is 4.53. The molecule has 0 bridgehead atoms. The van der Waals surface area contributed by atoms with Crippen molar-refractivity contribution in [2.75, 3.05) is 33.4 Å². The molecule has 3 aliphatic heterocycles. The molecule has 1 aromatic carbocycles. The van der Waals surface area contributed by atoms with Gasteiger partial charge in [-0.2, -0.15) is 0 Å². The number of fused-ring (bicyclic) bond motifs is 1. The highest BCUT2D eigenvalue weighted by Gasteiger charge is 2.55. The van der Waals surface area contributed by atoms with Gasteiger partial charge in [-0.05, 0) is 30.5 Å². The molecule has 0 aliphatic carbocycles. The van der Waals surface area contributed by atoms with Gasteiger partial charge in [0.2, 0.25) is 5.91 Å². The highest BCUT2D eigenvalue weighted by molar-refractivity contribution is 5.88. The van der Waals surface area contributed by atoms with E-state index in [0.29, 0.717) is 26.1 Å². The van der Waals surface area contributed by atoms with Gasteiger partial charge in [-0.3, -0.25) is 14.5 Å². The molecule has 26 heavy (non-hydrogen) atoms. The predicted octanol–water partition coefficient (Wildman–Crippen LogP) is 1.36. The van der Waals surface area contributed by atoms with Gasteiger partial charge in [-0.1, -0.05) is 6.07 Å². The molecule has 1 unspecified atom stereocenters. The van der Waals surface area contributed by atoms with Crippen LogP contribution >= 0.6 is 0 Å². The summed E-state index contributed by atoms with van der Waals surface area (Å²) in [4.78, 5) is 27.8. The van der Waals surface area contributed by atoms with E-state index in [-0.39, 0.29) is 12.3 Å². The minimum Gasteiger partial charge on any atom is -0.486 e. The van der Waals surface area contributed by atoms with Crippen molar-refractivity contribution in [1.29, 1.82) is 0 Å². The van der Waals surface area contributed by atoms with Crippen LogP contribution < -0.4 is 9.47 Å². The number of carboxylic acids is 1. The first-order valence-corrected chi connectivity index (χ1v) is 9.10. The molecular weight excluding hydrogens is 336 g/mol. The molecule has 1 amide bonds. The Labute approximate surface area is 152 Å². The van der Waals surface area contributed by atoms with Crippen LogP contribution in [0.15, 0.2) is 18.2 Å². The van der Waals surface area contributed by atoms with Gasteiger partial charge >= 0.3 is 5.97 Å². The van der Waals surface area contributed by atoms with Crippen LogP contribution in [0, 0.1) is 5.92 Å². The van der Waals surface area contributed by atoms with Crippen molar-refractivity contribution < 1.29 is 24.2 Å². The molecule has 7 nitrogen and oxygen atoms in total. The number of carboxylic acid groups (broad SMARTS) is 1. The molecule has 1 N–H and O–H groups in total. The van der Waals surface area contributed by atoms with Crippen LogP contribution in [0.2, 0.25) is 0 Å². The van der Waals surface area contributed by atoms with Crippen LogP contribution in [-0.2, 0) is 16.1 Å². The fraction of sp³-hybridized carbons (Fsp3) is 0.579. The van der Waals surface area contributed by atoms with E-state index in [0.717, 1.165) is 36.7 Å². The third kappa shape index (κ3) is 2.80. The molecule has 0 saturated carbocycles. The maximum Gasteiger partial charge on any atom is 0.309 e. The van der Waals surface area contributed by atoms with Crippen LogP contribution in [-0.4, -0.2) is 65.7 Å². The molecule has 1 spiro atoms. The minimum atomic E-state index is -0.858. The highest BCUT2D eigenvalue weighted by Crippen LogP contribution is 2.43. The summed E-state index contributed by atoms with van der Waals surface area (Å²) in [6.07, 6.45) is 1.50.